The van der Waals surface area contributed by atoms with E-state index in [0.717, 1.165) is 67.9 Å². The number of anilines is 3. The van der Waals surface area contributed by atoms with Gasteiger partial charge >= 0.3 is 0 Å². The number of halogens is 1. The summed E-state index contributed by atoms with van der Waals surface area (Å²) in [5.74, 6) is 1.71. The summed E-state index contributed by atoms with van der Waals surface area (Å²) in [7, 11) is -3.62. The first-order chi connectivity index (χ1) is 21.4. The summed E-state index contributed by atoms with van der Waals surface area (Å²) in [5.41, 5.74) is 4.55. The van der Waals surface area contributed by atoms with Gasteiger partial charge in [0.2, 0.25) is 16.0 Å². The van der Waals surface area contributed by atoms with Crippen LogP contribution in [0.5, 0.6) is 11.5 Å². The first kappa shape index (κ1) is 30.5. The van der Waals surface area contributed by atoms with Crippen LogP contribution < -0.4 is 19.7 Å². The molecule has 234 valence electrons. The van der Waals surface area contributed by atoms with E-state index in [4.69, 9.17) is 30.8 Å². The van der Waals surface area contributed by atoms with Crippen molar-refractivity contribution >= 4 is 49.9 Å². The van der Waals surface area contributed by atoms with Gasteiger partial charge in [-0.1, -0.05) is 18.5 Å². The third-order valence-electron chi connectivity index (χ3n) is 8.14. The average Bonchev–Trinajstić information content (AvgIpc) is 3.43. The van der Waals surface area contributed by atoms with Crippen molar-refractivity contribution in [3.8, 4) is 22.8 Å². The fourth-order valence-corrected chi connectivity index (χ4v) is 6.87. The van der Waals surface area contributed by atoms with Crippen LogP contribution in [0.3, 0.4) is 0 Å². The van der Waals surface area contributed by atoms with E-state index in [1.807, 2.05) is 18.2 Å². The first-order valence-electron chi connectivity index (χ1n) is 15.3. The summed E-state index contributed by atoms with van der Waals surface area (Å²) in [6, 6.07) is 9.73. The Hall–Kier alpha value is -3.54. The van der Waals surface area contributed by atoms with Gasteiger partial charge in [0.15, 0.2) is 0 Å². The number of morpholine rings is 1. The van der Waals surface area contributed by atoms with Crippen LogP contribution in [0.1, 0.15) is 45.1 Å². The lowest BCUT2D eigenvalue weighted by atomic mass is 10.1. The quantitative estimate of drug-likeness (QED) is 0.270. The highest BCUT2D eigenvalue weighted by atomic mass is 35.5. The van der Waals surface area contributed by atoms with Gasteiger partial charge in [-0.2, -0.15) is 0 Å². The van der Waals surface area contributed by atoms with Gasteiger partial charge in [0.1, 0.15) is 11.5 Å². The van der Waals surface area contributed by atoms with Gasteiger partial charge in [-0.05, 0) is 62.8 Å². The standard InChI is InChI=1S/C32H38ClN5O5S/c1-3-22-17-29(37-11-15-41-16-12-37)30-19-27(22)35-32-34-20-26(33)31(36-32)25-21-38(44(39,40)4-2)28-18-23(9-10-24(25)28)42-13-7-5-6-8-14-43-30/h9-10,17-21H,3-8,11-16H2,1-2H3,(H,34,35,36). The molecule has 1 saturated heterocycles. The van der Waals surface area contributed by atoms with Gasteiger partial charge in [-0.15, -0.1) is 0 Å². The predicted molar refractivity (Wildman–Crippen MR) is 174 cm³/mol. The second-order valence-corrected chi connectivity index (χ2v) is 13.5. The van der Waals surface area contributed by atoms with Crippen molar-refractivity contribution in [3.63, 3.8) is 0 Å². The number of hydrogen-bond acceptors (Lipinski definition) is 9. The second kappa shape index (κ2) is 13.2. The zero-order valence-corrected chi connectivity index (χ0v) is 26.7. The van der Waals surface area contributed by atoms with Crippen LogP contribution in [-0.4, -0.2) is 67.6 Å². The van der Waals surface area contributed by atoms with E-state index in [2.05, 4.69) is 28.2 Å². The molecule has 2 aromatic heterocycles. The average molecular weight is 640 g/mol. The molecular weight excluding hydrogens is 602 g/mol. The lowest BCUT2D eigenvalue weighted by molar-refractivity contribution is 0.122. The number of fused-ring (bicyclic) bond motifs is 8. The van der Waals surface area contributed by atoms with Crippen LogP contribution in [0, 0.1) is 0 Å². The molecule has 2 aromatic carbocycles. The summed E-state index contributed by atoms with van der Waals surface area (Å²) in [4.78, 5) is 11.6. The Labute approximate surface area is 263 Å². The van der Waals surface area contributed by atoms with Crippen LogP contribution in [0.2, 0.25) is 5.02 Å². The Morgan fingerprint density at radius 3 is 2.50 bits per heavy atom. The van der Waals surface area contributed by atoms with Crippen LogP contribution in [0.25, 0.3) is 22.2 Å². The largest absolute Gasteiger partial charge is 0.494 e. The number of aryl methyl sites for hydroxylation is 1. The minimum Gasteiger partial charge on any atom is -0.494 e. The van der Waals surface area contributed by atoms with Gasteiger partial charge in [0.05, 0.1) is 60.3 Å². The minimum atomic E-state index is -3.62. The maximum atomic E-state index is 13.2. The molecule has 3 aliphatic rings. The number of nitrogens with one attached hydrogen (secondary N) is 1. The molecule has 0 amide bonds. The number of benzene rings is 2. The number of hydrogen-bond donors (Lipinski definition) is 1. The highest BCUT2D eigenvalue weighted by Gasteiger charge is 2.23. The van der Waals surface area contributed by atoms with E-state index in [-0.39, 0.29) is 5.75 Å². The lowest BCUT2D eigenvalue weighted by Gasteiger charge is -2.31. The molecule has 0 aliphatic carbocycles. The molecule has 12 heteroatoms. The van der Waals surface area contributed by atoms with E-state index in [9.17, 15) is 8.42 Å². The molecule has 8 bridgehead atoms. The van der Waals surface area contributed by atoms with Crippen molar-refractivity contribution in [1.82, 2.24) is 13.9 Å². The molecule has 10 nitrogen and oxygen atoms in total. The fraction of sp³-hybridized carbons (Fsp3) is 0.438. The van der Waals surface area contributed by atoms with Crippen molar-refractivity contribution < 1.29 is 22.6 Å². The van der Waals surface area contributed by atoms with E-state index >= 15 is 0 Å². The molecule has 1 N–H and O–H groups in total. The zero-order valence-electron chi connectivity index (χ0n) is 25.1. The van der Waals surface area contributed by atoms with Gasteiger partial charge < -0.3 is 24.4 Å². The molecule has 0 spiro atoms. The van der Waals surface area contributed by atoms with Crippen molar-refractivity contribution in [3.05, 3.63) is 53.3 Å². The molecular formula is C32H38ClN5O5S. The van der Waals surface area contributed by atoms with E-state index in [0.29, 0.717) is 65.3 Å². The van der Waals surface area contributed by atoms with Crippen molar-refractivity contribution in [2.24, 2.45) is 0 Å². The first-order valence-corrected chi connectivity index (χ1v) is 17.3. The zero-order chi connectivity index (χ0) is 30.7. The molecule has 0 saturated carbocycles. The van der Waals surface area contributed by atoms with Crippen LogP contribution >= 0.6 is 11.6 Å². The number of ether oxygens (including phenoxy) is 3. The van der Waals surface area contributed by atoms with Crippen LogP contribution in [-0.2, 0) is 21.2 Å². The molecule has 3 aliphatic heterocycles. The summed E-state index contributed by atoms with van der Waals surface area (Å²) < 4.78 is 45.7. The molecule has 44 heavy (non-hydrogen) atoms. The minimum absolute atomic E-state index is 0.0593. The van der Waals surface area contributed by atoms with Gasteiger partial charge in [0.25, 0.3) is 0 Å². The Morgan fingerprint density at radius 1 is 0.977 bits per heavy atom. The Morgan fingerprint density at radius 2 is 1.75 bits per heavy atom. The summed E-state index contributed by atoms with van der Waals surface area (Å²) in [5, 5.41) is 4.42. The maximum absolute atomic E-state index is 13.2. The van der Waals surface area contributed by atoms with Gasteiger partial charge in [0, 0.05) is 48.1 Å². The summed E-state index contributed by atoms with van der Waals surface area (Å²) in [6.45, 7) is 7.85. The van der Waals surface area contributed by atoms with Gasteiger partial charge in [-0.25, -0.2) is 22.4 Å². The topological polar surface area (TPSA) is 108 Å². The van der Waals surface area contributed by atoms with Gasteiger partial charge in [-0.3, -0.25) is 0 Å². The summed E-state index contributed by atoms with van der Waals surface area (Å²) >= 11 is 6.67. The van der Waals surface area contributed by atoms with Crippen LogP contribution in [0.15, 0.2) is 42.7 Å². The third kappa shape index (κ3) is 6.31. The Kier molecular flexibility index (Phi) is 9.16. The van der Waals surface area contributed by atoms with Crippen molar-refractivity contribution in [1.29, 1.82) is 0 Å². The molecule has 7 rings (SSSR count). The van der Waals surface area contributed by atoms with E-state index < -0.39 is 10.0 Å². The highest BCUT2D eigenvalue weighted by Crippen LogP contribution is 2.39. The maximum Gasteiger partial charge on any atom is 0.238 e. The monoisotopic (exact) mass is 639 g/mol. The fourth-order valence-electron chi connectivity index (χ4n) is 5.68. The third-order valence-corrected chi connectivity index (χ3v) is 10.0. The number of nitrogens with zero attached hydrogens (tertiary/aromatic N) is 4. The number of rotatable bonds is 4. The molecule has 4 aromatic rings. The Balaban J connectivity index is 1.47. The SMILES string of the molecule is CCc1cc(N2CCOCC2)c2cc1Nc1ncc(Cl)c(n1)-c1cn(S(=O)(=O)CC)c3cc(ccc13)OCCCCCCO2. The lowest BCUT2D eigenvalue weighted by Crippen LogP contribution is -2.36. The number of aromatic nitrogens is 3. The van der Waals surface area contributed by atoms with E-state index in [1.165, 1.54) is 3.97 Å². The second-order valence-electron chi connectivity index (χ2n) is 11.0. The Bertz CT molecular complexity index is 1750. The molecule has 0 unspecified atom stereocenters. The molecule has 5 heterocycles. The smallest absolute Gasteiger partial charge is 0.238 e. The summed E-state index contributed by atoms with van der Waals surface area (Å²) in [6.07, 6.45) is 7.73. The van der Waals surface area contributed by atoms with E-state index in [1.54, 1.807) is 25.4 Å². The molecule has 0 atom stereocenters. The van der Waals surface area contributed by atoms with Crippen LogP contribution in [0.4, 0.5) is 17.3 Å². The van der Waals surface area contributed by atoms with Crippen molar-refractivity contribution in [2.75, 3.05) is 55.5 Å². The van der Waals surface area contributed by atoms with Crippen molar-refractivity contribution in [2.45, 2.75) is 46.0 Å². The predicted octanol–water partition coefficient (Wildman–Crippen LogP) is 6.42. The normalized spacial score (nSPS) is 16.4. The molecule has 1 fully saturated rings. The molecule has 0 radical (unpaired) electrons. The highest BCUT2D eigenvalue weighted by molar-refractivity contribution is 7.90.